The van der Waals surface area contributed by atoms with Gasteiger partial charge in [-0.25, -0.2) is 0 Å². The van der Waals surface area contributed by atoms with Crippen LogP contribution in [0, 0.1) is 17.0 Å². The molecule has 3 atom stereocenters. The Morgan fingerprint density at radius 1 is 1.41 bits per heavy atom. The lowest BCUT2D eigenvalue weighted by Crippen LogP contribution is -2.40. The molecule has 0 aromatic heterocycles. The van der Waals surface area contributed by atoms with Crippen LogP contribution in [0.15, 0.2) is 24.3 Å². The summed E-state index contributed by atoms with van der Waals surface area (Å²) in [4.78, 5) is 10.6. The second-order valence-electron chi connectivity index (χ2n) is 4.39. The second-order valence-corrected chi connectivity index (χ2v) is 4.39. The van der Waals surface area contributed by atoms with Gasteiger partial charge in [-0.15, -0.1) is 0 Å². The molecule has 1 saturated heterocycles. The van der Waals surface area contributed by atoms with E-state index < -0.39 is 12.3 Å². The molecule has 0 bridgehead atoms. The summed E-state index contributed by atoms with van der Waals surface area (Å²) in [5, 5.41) is 20.4. The predicted molar refractivity (Wildman–Crippen MR) is 61.3 cm³/mol. The van der Waals surface area contributed by atoms with Gasteiger partial charge in [0.15, 0.2) is 6.29 Å². The van der Waals surface area contributed by atoms with E-state index in [-0.39, 0.29) is 23.9 Å². The first-order valence-corrected chi connectivity index (χ1v) is 5.57. The Labute approximate surface area is 99.2 Å². The van der Waals surface area contributed by atoms with Gasteiger partial charge < -0.3 is 9.84 Å². The molecule has 1 fully saturated rings. The lowest BCUT2D eigenvalue weighted by Gasteiger charge is -2.29. The summed E-state index contributed by atoms with van der Waals surface area (Å²) in [6.45, 7) is 1.93. The lowest BCUT2D eigenvalue weighted by molar-refractivity contribution is -0.538. The van der Waals surface area contributed by atoms with Crippen molar-refractivity contribution in [2.75, 3.05) is 6.61 Å². The van der Waals surface area contributed by atoms with Crippen molar-refractivity contribution < 1.29 is 14.8 Å². The number of aliphatic hydroxyl groups excluding tert-OH is 1. The van der Waals surface area contributed by atoms with E-state index in [1.165, 1.54) is 0 Å². The molecule has 0 amide bonds. The van der Waals surface area contributed by atoms with E-state index >= 15 is 0 Å². The van der Waals surface area contributed by atoms with Crippen molar-refractivity contribution in [1.82, 2.24) is 0 Å². The molecule has 2 rings (SSSR count). The zero-order chi connectivity index (χ0) is 12.4. The van der Waals surface area contributed by atoms with Gasteiger partial charge in [0.05, 0.1) is 5.92 Å². The van der Waals surface area contributed by atoms with Gasteiger partial charge in [0.1, 0.15) is 6.61 Å². The van der Waals surface area contributed by atoms with Crippen LogP contribution in [0.25, 0.3) is 0 Å². The highest BCUT2D eigenvalue weighted by Crippen LogP contribution is 2.31. The monoisotopic (exact) mass is 237 g/mol. The fourth-order valence-electron chi connectivity index (χ4n) is 2.15. The van der Waals surface area contributed by atoms with Crippen LogP contribution in [0.5, 0.6) is 0 Å². The normalized spacial score (nSPS) is 28.9. The van der Waals surface area contributed by atoms with Gasteiger partial charge in [-0.3, -0.25) is 10.1 Å². The molecule has 1 aromatic rings. The molecule has 0 radical (unpaired) electrons. The van der Waals surface area contributed by atoms with E-state index in [4.69, 9.17) is 4.74 Å². The van der Waals surface area contributed by atoms with Crippen LogP contribution >= 0.6 is 0 Å². The van der Waals surface area contributed by atoms with Gasteiger partial charge in [0.2, 0.25) is 6.04 Å². The van der Waals surface area contributed by atoms with Gasteiger partial charge in [-0.1, -0.05) is 29.8 Å². The summed E-state index contributed by atoms with van der Waals surface area (Å²) < 4.78 is 4.94. The van der Waals surface area contributed by atoms with Gasteiger partial charge in [0, 0.05) is 11.3 Å². The molecule has 1 aromatic carbocycles. The lowest BCUT2D eigenvalue weighted by atomic mass is 9.87. The zero-order valence-electron chi connectivity index (χ0n) is 9.57. The van der Waals surface area contributed by atoms with Crippen LogP contribution in [0.3, 0.4) is 0 Å². The highest BCUT2D eigenvalue weighted by molar-refractivity contribution is 5.25. The van der Waals surface area contributed by atoms with E-state index in [9.17, 15) is 15.2 Å². The number of nitro groups is 1. The summed E-state index contributed by atoms with van der Waals surface area (Å²) in [5.41, 5.74) is 2.00. The molecule has 0 aliphatic carbocycles. The molecule has 92 valence electrons. The van der Waals surface area contributed by atoms with Crippen LogP contribution in [-0.2, 0) is 4.74 Å². The summed E-state index contributed by atoms with van der Waals surface area (Å²) in [7, 11) is 0. The Hall–Kier alpha value is -1.46. The minimum Gasteiger partial charge on any atom is -0.368 e. The summed E-state index contributed by atoms with van der Waals surface area (Å²) in [6, 6.07) is 6.84. The molecule has 0 unspecified atom stereocenters. The van der Waals surface area contributed by atoms with E-state index in [0.29, 0.717) is 0 Å². The first kappa shape index (κ1) is 12.0. The first-order chi connectivity index (χ1) is 8.08. The fourth-order valence-corrected chi connectivity index (χ4v) is 2.15. The molecule has 1 heterocycles. The minimum absolute atomic E-state index is 0.0350. The largest absolute Gasteiger partial charge is 0.368 e. The van der Waals surface area contributed by atoms with Crippen molar-refractivity contribution in [2.24, 2.45) is 0 Å². The maximum Gasteiger partial charge on any atom is 0.243 e. The molecule has 1 aliphatic rings. The zero-order valence-corrected chi connectivity index (χ0v) is 9.57. The average molecular weight is 237 g/mol. The smallest absolute Gasteiger partial charge is 0.243 e. The number of aliphatic hydroxyl groups is 1. The highest BCUT2D eigenvalue weighted by Gasteiger charge is 2.39. The number of hydrogen-bond acceptors (Lipinski definition) is 4. The third-order valence-electron chi connectivity index (χ3n) is 3.16. The van der Waals surface area contributed by atoms with Crippen molar-refractivity contribution in [3.8, 4) is 0 Å². The Morgan fingerprint density at radius 3 is 2.65 bits per heavy atom. The number of ether oxygens (including phenoxy) is 1. The van der Waals surface area contributed by atoms with E-state index in [1.807, 2.05) is 31.2 Å². The maximum absolute atomic E-state index is 11.0. The third-order valence-corrected chi connectivity index (χ3v) is 3.16. The second kappa shape index (κ2) is 4.81. The molecular weight excluding hydrogens is 222 g/mol. The Kier molecular flexibility index (Phi) is 3.40. The third kappa shape index (κ3) is 2.62. The number of aryl methyl sites for hydroxylation is 1. The number of rotatable bonds is 2. The topological polar surface area (TPSA) is 72.6 Å². The number of hydrogen-bond donors (Lipinski definition) is 1. The molecule has 1 aliphatic heterocycles. The fraction of sp³-hybridized carbons (Fsp3) is 0.500. The molecule has 5 heteroatoms. The molecule has 0 spiro atoms. The average Bonchev–Trinajstić information content (AvgIpc) is 2.29. The number of benzene rings is 1. The highest BCUT2D eigenvalue weighted by atomic mass is 16.6. The standard InChI is InChI=1S/C12H15NO4/c1-8-2-4-9(5-3-8)10-6-12(14)17-7-11(10)13(15)16/h2-5,10-12,14H,6-7H2,1H3/t10-,11+,12-/m0/s1. The summed E-state index contributed by atoms with van der Waals surface area (Å²) in [5.74, 6) is -0.283. The van der Waals surface area contributed by atoms with Crippen LogP contribution < -0.4 is 0 Å². The summed E-state index contributed by atoms with van der Waals surface area (Å²) in [6.07, 6.45) is -0.633. The van der Waals surface area contributed by atoms with E-state index in [1.54, 1.807) is 0 Å². The van der Waals surface area contributed by atoms with E-state index in [0.717, 1.165) is 11.1 Å². The molecule has 5 nitrogen and oxygen atoms in total. The Balaban J connectivity index is 2.25. The molecule has 1 N–H and O–H groups in total. The van der Waals surface area contributed by atoms with Crippen LogP contribution in [0.2, 0.25) is 0 Å². The molecule has 0 saturated carbocycles. The van der Waals surface area contributed by atoms with Crippen LogP contribution in [0.1, 0.15) is 23.5 Å². The van der Waals surface area contributed by atoms with Crippen molar-refractivity contribution >= 4 is 0 Å². The van der Waals surface area contributed by atoms with Crippen LogP contribution in [-0.4, -0.2) is 29.0 Å². The predicted octanol–water partition coefficient (Wildman–Crippen LogP) is 1.46. The van der Waals surface area contributed by atoms with Gasteiger partial charge in [-0.05, 0) is 12.5 Å². The van der Waals surface area contributed by atoms with Crippen molar-refractivity contribution in [1.29, 1.82) is 0 Å². The van der Waals surface area contributed by atoms with Crippen molar-refractivity contribution in [3.63, 3.8) is 0 Å². The maximum atomic E-state index is 11.0. The Morgan fingerprint density at radius 2 is 2.06 bits per heavy atom. The SMILES string of the molecule is Cc1ccc([C@@H]2C[C@@H](O)OC[C@H]2[N+](=O)[O-])cc1. The van der Waals surface area contributed by atoms with Crippen molar-refractivity contribution in [3.05, 3.63) is 45.5 Å². The summed E-state index contributed by atoms with van der Waals surface area (Å²) >= 11 is 0. The molecule has 17 heavy (non-hydrogen) atoms. The van der Waals surface area contributed by atoms with Gasteiger partial charge >= 0.3 is 0 Å². The van der Waals surface area contributed by atoms with Gasteiger partial charge in [-0.2, -0.15) is 0 Å². The van der Waals surface area contributed by atoms with Crippen LogP contribution in [0.4, 0.5) is 0 Å². The molecular formula is C12H15NO4. The van der Waals surface area contributed by atoms with E-state index in [2.05, 4.69) is 0 Å². The first-order valence-electron chi connectivity index (χ1n) is 5.57. The van der Waals surface area contributed by atoms with Crippen molar-refractivity contribution in [2.45, 2.75) is 31.6 Å². The minimum atomic E-state index is -0.905. The van der Waals surface area contributed by atoms with Gasteiger partial charge in [0.25, 0.3) is 0 Å². The number of nitrogens with zero attached hydrogens (tertiary/aromatic N) is 1. The Bertz CT molecular complexity index is 403. The quantitative estimate of drug-likeness (QED) is 0.624.